The van der Waals surface area contributed by atoms with Crippen molar-refractivity contribution in [3.8, 4) is 11.5 Å². The number of nitrogens with zero attached hydrogens (tertiary/aromatic N) is 2. The zero-order valence-electron chi connectivity index (χ0n) is 16.1. The van der Waals surface area contributed by atoms with Gasteiger partial charge in [-0.2, -0.15) is 0 Å². The number of hydrogen-bond donors (Lipinski definition) is 2. The monoisotopic (exact) mass is 378 g/mol. The van der Waals surface area contributed by atoms with E-state index in [4.69, 9.17) is 0 Å². The minimum absolute atomic E-state index is 0.00158. The number of fused-ring (bicyclic) bond motifs is 2. The lowest BCUT2D eigenvalue weighted by Gasteiger charge is -2.51. The molecule has 4 aliphatic rings. The van der Waals surface area contributed by atoms with Crippen LogP contribution < -0.4 is 0 Å². The number of benzene rings is 2. The number of aryl methyl sites for hydroxylation is 1. The van der Waals surface area contributed by atoms with Gasteiger partial charge in [0.2, 0.25) is 0 Å². The van der Waals surface area contributed by atoms with Gasteiger partial charge >= 0.3 is 0 Å². The van der Waals surface area contributed by atoms with Crippen molar-refractivity contribution < 1.29 is 15.0 Å². The van der Waals surface area contributed by atoms with Gasteiger partial charge in [0.1, 0.15) is 11.5 Å². The van der Waals surface area contributed by atoms with Crippen molar-refractivity contribution in [2.45, 2.75) is 37.8 Å². The van der Waals surface area contributed by atoms with E-state index in [0.717, 1.165) is 37.1 Å². The average Bonchev–Trinajstić information content (AvgIpc) is 3.13. The molecule has 2 N–H and O–H groups in total. The third-order valence-electron chi connectivity index (χ3n) is 7.01. The van der Waals surface area contributed by atoms with E-state index in [1.54, 1.807) is 18.2 Å². The molecule has 0 aliphatic carbocycles. The Morgan fingerprint density at radius 1 is 1.04 bits per heavy atom. The van der Waals surface area contributed by atoms with Gasteiger partial charge in [-0.3, -0.25) is 9.69 Å². The molecule has 6 rings (SSSR count). The lowest BCUT2D eigenvalue weighted by atomic mass is 9.75. The Labute approximate surface area is 165 Å². The maximum Gasteiger partial charge on any atom is 0.254 e. The molecule has 2 aromatic rings. The van der Waals surface area contributed by atoms with Gasteiger partial charge in [-0.1, -0.05) is 18.2 Å². The second kappa shape index (κ2) is 6.52. The summed E-state index contributed by atoms with van der Waals surface area (Å²) < 4.78 is 0. The first-order chi connectivity index (χ1) is 13.5. The van der Waals surface area contributed by atoms with Crippen molar-refractivity contribution in [3.63, 3.8) is 0 Å². The van der Waals surface area contributed by atoms with Gasteiger partial charge in [-0.15, -0.1) is 0 Å². The molecule has 4 heterocycles. The fourth-order valence-electron chi connectivity index (χ4n) is 5.61. The highest BCUT2D eigenvalue weighted by molar-refractivity contribution is 5.95. The van der Waals surface area contributed by atoms with Crippen molar-refractivity contribution in [2.75, 3.05) is 19.6 Å². The van der Waals surface area contributed by atoms with Gasteiger partial charge in [-0.05, 0) is 74.2 Å². The number of rotatable bonds is 2. The van der Waals surface area contributed by atoms with Crippen LogP contribution in [-0.2, 0) is 0 Å². The van der Waals surface area contributed by atoms with Gasteiger partial charge in [-0.25, -0.2) is 0 Å². The van der Waals surface area contributed by atoms with Crippen LogP contribution in [-0.4, -0.2) is 57.6 Å². The molecule has 0 spiro atoms. The summed E-state index contributed by atoms with van der Waals surface area (Å²) in [4.78, 5) is 18.0. The standard InChI is InChI=1S/C23H26N2O3/c1-14-5-6-17(12-20(14)27)23(28)25-13-19(16-3-2-4-18(26)11-16)22-21(25)15-7-9-24(22)10-8-15/h2-6,11-12,15,19,21-22,26-27H,7-10,13H2,1H3/t19-,21+,22+/m0/s1. The summed E-state index contributed by atoms with van der Waals surface area (Å²) in [5.74, 6) is 1.17. The topological polar surface area (TPSA) is 64.0 Å². The van der Waals surface area contributed by atoms with E-state index in [1.165, 1.54) is 0 Å². The molecule has 3 atom stereocenters. The molecule has 0 radical (unpaired) electrons. The maximum atomic E-state index is 13.4. The van der Waals surface area contributed by atoms with E-state index in [9.17, 15) is 15.0 Å². The summed E-state index contributed by atoms with van der Waals surface area (Å²) >= 11 is 0. The Balaban J connectivity index is 1.53. The fraction of sp³-hybridized carbons (Fsp3) is 0.435. The van der Waals surface area contributed by atoms with Crippen molar-refractivity contribution in [3.05, 3.63) is 59.2 Å². The van der Waals surface area contributed by atoms with Crippen LogP contribution in [0.4, 0.5) is 0 Å². The molecule has 5 nitrogen and oxygen atoms in total. The Bertz CT molecular complexity index is 920. The number of phenolic OH excluding ortho intramolecular Hbond substituents is 2. The van der Waals surface area contributed by atoms with Crippen molar-refractivity contribution in [2.24, 2.45) is 5.92 Å². The molecule has 5 heteroatoms. The molecule has 146 valence electrons. The molecule has 4 aliphatic heterocycles. The highest BCUT2D eigenvalue weighted by atomic mass is 16.3. The Morgan fingerprint density at radius 3 is 2.54 bits per heavy atom. The molecular weight excluding hydrogens is 352 g/mol. The van der Waals surface area contributed by atoms with E-state index in [0.29, 0.717) is 24.1 Å². The van der Waals surface area contributed by atoms with E-state index in [2.05, 4.69) is 11.0 Å². The molecule has 2 bridgehead atoms. The van der Waals surface area contributed by atoms with Gasteiger partial charge in [0.25, 0.3) is 5.91 Å². The van der Waals surface area contributed by atoms with E-state index >= 15 is 0 Å². The third-order valence-corrected chi connectivity index (χ3v) is 7.01. The zero-order valence-corrected chi connectivity index (χ0v) is 16.1. The smallest absolute Gasteiger partial charge is 0.254 e. The van der Waals surface area contributed by atoms with E-state index < -0.39 is 0 Å². The van der Waals surface area contributed by atoms with Crippen molar-refractivity contribution >= 4 is 5.91 Å². The Kier molecular flexibility index (Phi) is 4.09. The number of carbonyl (C=O) groups excluding carboxylic acids is 1. The van der Waals surface area contributed by atoms with Crippen LogP contribution in [0.15, 0.2) is 42.5 Å². The first-order valence-electron chi connectivity index (χ1n) is 10.2. The number of aromatic hydroxyl groups is 2. The Hall–Kier alpha value is -2.53. The highest BCUT2D eigenvalue weighted by Crippen LogP contribution is 2.47. The summed E-state index contributed by atoms with van der Waals surface area (Å²) in [5, 5.41) is 20.1. The summed E-state index contributed by atoms with van der Waals surface area (Å²) in [6, 6.07) is 13.2. The Morgan fingerprint density at radius 2 is 1.82 bits per heavy atom. The molecule has 4 saturated heterocycles. The predicted molar refractivity (Wildman–Crippen MR) is 107 cm³/mol. The minimum Gasteiger partial charge on any atom is -0.508 e. The zero-order chi connectivity index (χ0) is 19.4. The molecule has 0 saturated carbocycles. The minimum atomic E-state index is 0.00158. The first kappa shape index (κ1) is 17.6. The fourth-order valence-corrected chi connectivity index (χ4v) is 5.61. The van der Waals surface area contributed by atoms with Crippen LogP contribution in [0.5, 0.6) is 11.5 Å². The lowest BCUT2D eigenvalue weighted by Crippen LogP contribution is -2.60. The third kappa shape index (κ3) is 2.68. The van der Waals surface area contributed by atoms with Gasteiger partial charge in [0.15, 0.2) is 0 Å². The molecule has 0 unspecified atom stereocenters. The van der Waals surface area contributed by atoms with Crippen LogP contribution in [0.2, 0.25) is 0 Å². The number of amides is 1. The van der Waals surface area contributed by atoms with Crippen LogP contribution in [0, 0.1) is 12.8 Å². The molecule has 4 fully saturated rings. The number of carbonyl (C=O) groups is 1. The molecular formula is C23H26N2O3. The lowest BCUT2D eigenvalue weighted by molar-refractivity contribution is -0.00342. The van der Waals surface area contributed by atoms with Crippen LogP contribution in [0.3, 0.4) is 0 Å². The second-order valence-corrected chi connectivity index (χ2v) is 8.51. The van der Waals surface area contributed by atoms with Crippen LogP contribution >= 0.6 is 0 Å². The molecule has 1 amide bonds. The first-order valence-corrected chi connectivity index (χ1v) is 10.2. The van der Waals surface area contributed by atoms with Crippen molar-refractivity contribution in [1.29, 1.82) is 0 Å². The summed E-state index contributed by atoms with van der Waals surface area (Å²) in [5.41, 5.74) is 2.43. The van der Waals surface area contributed by atoms with Gasteiger partial charge in [0, 0.05) is 24.1 Å². The van der Waals surface area contributed by atoms with Crippen LogP contribution in [0.25, 0.3) is 0 Å². The van der Waals surface area contributed by atoms with Crippen molar-refractivity contribution in [1.82, 2.24) is 9.80 Å². The molecule has 0 aromatic heterocycles. The SMILES string of the molecule is Cc1ccc(C(=O)N2C[C@@H](c3cccc(O)c3)[C@@H]3[C@H]2C2CCN3CC2)cc1O. The second-order valence-electron chi connectivity index (χ2n) is 8.51. The summed E-state index contributed by atoms with van der Waals surface area (Å²) in [7, 11) is 0. The normalized spacial score (nSPS) is 31.0. The molecule has 2 aromatic carbocycles. The van der Waals surface area contributed by atoms with Gasteiger partial charge in [0.05, 0.1) is 6.04 Å². The largest absolute Gasteiger partial charge is 0.508 e. The number of likely N-dealkylation sites (tertiary alicyclic amines) is 1. The van der Waals surface area contributed by atoms with E-state index in [1.807, 2.05) is 30.0 Å². The predicted octanol–water partition coefficient (Wildman–Crippen LogP) is 3.11. The number of piperidine rings is 3. The average molecular weight is 378 g/mol. The quantitative estimate of drug-likeness (QED) is 0.843. The van der Waals surface area contributed by atoms with Crippen LogP contribution in [0.1, 0.15) is 40.2 Å². The summed E-state index contributed by atoms with van der Waals surface area (Å²) in [6.45, 7) is 4.67. The summed E-state index contributed by atoms with van der Waals surface area (Å²) in [6.07, 6.45) is 2.27. The highest BCUT2D eigenvalue weighted by Gasteiger charge is 2.54. The number of hydrogen-bond acceptors (Lipinski definition) is 4. The van der Waals surface area contributed by atoms with E-state index in [-0.39, 0.29) is 29.4 Å². The number of phenols is 2. The van der Waals surface area contributed by atoms with Gasteiger partial charge < -0.3 is 15.1 Å². The maximum absolute atomic E-state index is 13.4. The molecule has 28 heavy (non-hydrogen) atoms.